The van der Waals surface area contributed by atoms with Crippen molar-refractivity contribution in [3.63, 3.8) is 0 Å². The van der Waals surface area contributed by atoms with E-state index < -0.39 is 0 Å². The first-order valence-corrected chi connectivity index (χ1v) is 12.6. The van der Waals surface area contributed by atoms with Gasteiger partial charge >= 0.3 is 0 Å². The van der Waals surface area contributed by atoms with Crippen molar-refractivity contribution in [2.45, 2.75) is 41.0 Å². The van der Waals surface area contributed by atoms with Crippen LogP contribution in [0.3, 0.4) is 0 Å². The predicted octanol–water partition coefficient (Wildman–Crippen LogP) is 7.94. The van der Waals surface area contributed by atoms with Crippen LogP contribution in [0.5, 0.6) is 0 Å². The molecule has 0 bridgehead atoms. The first-order valence-electron chi connectivity index (χ1n) is 11.7. The van der Waals surface area contributed by atoms with E-state index in [4.69, 9.17) is 4.42 Å². The van der Waals surface area contributed by atoms with E-state index in [2.05, 4.69) is 75.3 Å². The zero-order valence-corrected chi connectivity index (χ0v) is 21.5. The molecule has 0 saturated carbocycles. The van der Waals surface area contributed by atoms with E-state index in [0.717, 1.165) is 22.4 Å². The third-order valence-corrected chi connectivity index (χ3v) is 7.92. The number of hydrogen-bond acceptors (Lipinski definition) is 4. The number of nitrogens with one attached hydrogen (secondary N) is 1. The highest BCUT2D eigenvalue weighted by atomic mass is 32.1. The molecule has 1 amide bonds. The van der Waals surface area contributed by atoms with E-state index in [1.807, 2.05) is 23.6 Å². The maximum absolute atomic E-state index is 12.8. The second-order valence-electron chi connectivity index (χ2n) is 9.10. The standard InChI is InChI=1S/C30H28N2O2S/c1-17-18(2)20(4)26(21(5)19(17)3)15-25-12-13-28(34-25)29(33)32-30-31-27(16-35-30)24-11-10-22-8-6-7-9-23(22)14-24/h6-14,16H,15H2,1-5H3,(H,31,32,33). The molecule has 35 heavy (non-hydrogen) atoms. The third-order valence-electron chi connectivity index (χ3n) is 7.16. The van der Waals surface area contributed by atoms with Gasteiger partial charge in [0.25, 0.3) is 5.91 Å². The van der Waals surface area contributed by atoms with Crippen molar-refractivity contribution in [3.05, 3.63) is 105 Å². The fourth-order valence-electron chi connectivity index (χ4n) is 4.58. The van der Waals surface area contributed by atoms with E-state index in [-0.39, 0.29) is 5.91 Å². The van der Waals surface area contributed by atoms with Gasteiger partial charge in [-0.15, -0.1) is 11.3 Å². The van der Waals surface area contributed by atoms with Gasteiger partial charge in [-0.25, -0.2) is 4.98 Å². The second-order valence-corrected chi connectivity index (χ2v) is 9.96. The number of benzene rings is 3. The SMILES string of the molecule is Cc1c(C)c(C)c(Cc2ccc(C(=O)Nc3nc(-c4ccc5ccccc5c4)cs3)o2)c(C)c1C. The Labute approximate surface area is 209 Å². The molecule has 5 aromatic rings. The number of aromatic nitrogens is 1. The van der Waals surface area contributed by atoms with Crippen molar-refractivity contribution in [1.29, 1.82) is 0 Å². The van der Waals surface area contributed by atoms with Crippen LogP contribution in [0.1, 0.15) is 49.7 Å². The highest BCUT2D eigenvalue weighted by Crippen LogP contribution is 2.30. The number of carbonyl (C=O) groups is 1. The topological polar surface area (TPSA) is 55.1 Å². The van der Waals surface area contributed by atoms with E-state index in [9.17, 15) is 4.79 Å². The first-order chi connectivity index (χ1) is 16.8. The fourth-order valence-corrected chi connectivity index (χ4v) is 5.30. The lowest BCUT2D eigenvalue weighted by Gasteiger charge is -2.18. The smallest absolute Gasteiger partial charge is 0.293 e. The average molecular weight is 481 g/mol. The molecule has 0 fully saturated rings. The van der Waals surface area contributed by atoms with Crippen molar-refractivity contribution in [3.8, 4) is 11.3 Å². The number of furan rings is 1. The summed E-state index contributed by atoms with van der Waals surface area (Å²) in [6.07, 6.45) is 0.663. The quantitative estimate of drug-likeness (QED) is 0.278. The zero-order chi connectivity index (χ0) is 24.7. The molecule has 5 heteroatoms. The van der Waals surface area contributed by atoms with Crippen LogP contribution in [0.15, 0.2) is 64.4 Å². The molecule has 0 atom stereocenters. The van der Waals surface area contributed by atoms with E-state index >= 15 is 0 Å². The van der Waals surface area contributed by atoms with Gasteiger partial charge in [-0.2, -0.15) is 0 Å². The van der Waals surface area contributed by atoms with E-state index in [0.29, 0.717) is 17.3 Å². The van der Waals surface area contributed by atoms with Crippen molar-refractivity contribution in [1.82, 2.24) is 4.98 Å². The van der Waals surface area contributed by atoms with Crippen LogP contribution in [0.25, 0.3) is 22.0 Å². The van der Waals surface area contributed by atoms with Crippen LogP contribution in [0, 0.1) is 34.6 Å². The summed E-state index contributed by atoms with van der Waals surface area (Å²) in [7, 11) is 0. The molecule has 176 valence electrons. The number of thiazole rings is 1. The van der Waals surface area contributed by atoms with Gasteiger partial charge < -0.3 is 4.42 Å². The summed E-state index contributed by atoms with van der Waals surface area (Å²) < 4.78 is 5.95. The maximum Gasteiger partial charge on any atom is 0.293 e. The molecule has 0 aliphatic heterocycles. The molecule has 4 nitrogen and oxygen atoms in total. The maximum atomic E-state index is 12.8. The molecule has 2 aromatic heterocycles. The molecular formula is C30H28N2O2S. The lowest BCUT2D eigenvalue weighted by Crippen LogP contribution is -2.10. The van der Waals surface area contributed by atoms with Crippen LogP contribution in [0.2, 0.25) is 0 Å². The molecule has 2 heterocycles. The summed E-state index contributed by atoms with van der Waals surface area (Å²) in [6.45, 7) is 10.8. The molecule has 1 N–H and O–H groups in total. The Morgan fingerprint density at radius 2 is 1.54 bits per heavy atom. The minimum absolute atomic E-state index is 0.290. The number of anilines is 1. The highest BCUT2D eigenvalue weighted by Gasteiger charge is 2.17. The molecule has 5 rings (SSSR count). The monoisotopic (exact) mass is 480 g/mol. The Kier molecular flexibility index (Phi) is 6.03. The number of hydrogen-bond donors (Lipinski definition) is 1. The Bertz CT molecular complexity index is 1550. The van der Waals surface area contributed by atoms with Crippen LogP contribution < -0.4 is 5.32 Å². The Morgan fingerprint density at radius 1 is 0.857 bits per heavy atom. The lowest BCUT2D eigenvalue weighted by molar-refractivity contribution is 0.0995. The van der Waals surface area contributed by atoms with Crippen LogP contribution in [0.4, 0.5) is 5.13 Å². The Balaban J connectivity index is 1.32. The molecule has 3 aromatic carbocycles. The average Bonchev–Trinajstić information content (AvgIpc) is 3.54. The van der Waals surface area contributed by atoms with Crippen LogP contribution in [-0.4, -0.2) is 10.9 Å². The number of rotatable bonds is 5. The summed E-state index contributed by atoms with van der Waals surface area (Å²) in [4.78, 5) is 17.5. The van der Waals surface area contributed by atoms with Crippen LogP contribution in [-0.2, 0) is 6.42 Å². The number of amides is 1. The summed E-state index contributed by atoms with van der Waals surface area (Å²) in [6, 6.07) is 18.1. The molecular weight excluding hydrogens is 452 g/mol. The van der Waals surface area contributed by atoms with Gasteiger partial charge in [-0.3, -0.25) is 10.1 Å². The van der Waals surface area contributed by atoms with E-state index in [1.54, 1.807) is 6.07 Å². The predicted molar refractivity (Wildman–Crippen MR) is 145 cm³/mol. The zero-order valence-electron chi connectivity index (χ0n) is 20.7. The van der Waals surface area contributed by atoms with Gasteiger partial charge in [0.05, 0.1) is 5.69 Å². The summed E-state index contributed by atoms with van der Waals surface area (Å²) in [5.74, 6) is 0.777. The number of fused-ring (bicyclic) bond motifs is 1. The molecule has 0 aliphatic carbocycles. The minimum Gasteiger partial charge on any atom is -0.456 e. The Hall–Kier alpha value is -3.70. The normalized spacial score (nSPS) is 11.2. The van der Waals surface area contributed by atoms with Crippen LogP contribution >= 0.6 is 11.3 Å². The van der Waals surface area contributed by atoms with Crippen molar-refractivity contribution in [2.24, 2.45) is 0 Å². The van der Waals surface area contributed by atoms with Crippen molar-refractivity contribution in [2.75, 3.05) is 5.32 Å². The van der Waals surface area contributed by atoms with Crippen molar-refractivity contribution >= 4 is 33.1 Å². The van der Waals surface area contributed by atoms with Gasteiger partial charge in [0.1, 0.15) is 5.76 Å². The second kappa shape index (κ2) is 9.16. The third kappa shape index (κ3) is 4.40. The van der Waals surface area contributed by atoms with Crippen molar-refractivity contribution < 1.29 is 9.21 Å². The molecule has 0 radical (unpaired) electrons. The number of carbonyl (C=O) groups excluding carboxylic acids is 1. The molecule has 0 unspecified atom stereocenters. The summed E-state index contributed by atoms with van der Waals surface area (Å²) in [5.41, 5.74) is 9.69. The number of nitrogens with zero attached hydrogens (tertiary/aromatic N) is 1. The van der Waals surface area contributed by atoms with Gasteiger partial charge in [0.2, 0.25) is 0 Å². The fraction of sp³-hybridized carbons (Fsp3) is 0.200. The summed E-state index contributed by atoms with van der Waals surface area (Å²) >= 11 is 1.41. The van der Waals surface area contributed by atoms with Gasteiger partial charge in [0, 0.05) is 17.4 Å². The van der Waals surface area contributed by atoms with E-state index in [1.165, 1.54) is 50.1 Å². The van der Waals surface area contributed by atoms with Gasteiger partial charge in [-0.1, -0.05) is 36.4 Å². The minimum atomic E-state index is -0.291. The van der Waals surface area contributed by atoms with Gasteiger partial charge in [-0.05, 0) is 97.0 Å². The molecule has 0 aliphatic rings. The van der Waals surface area contributed by atoms with Gasteiger partial charge in [0.15, 0.2) is 10.9 Å². The first kappa shape index (κ1) is 23.1. The highest BCUT2D eigenvalue weighted by molar-refractivity contribution is 7.14. The largest absolute Gasteiger partial charge is 0.456 e. The lowest BCUT2D eigenvalue weighted by atomic mass is 9.88. The Morgan fingerprint density at radius 3 is 2.29 bits per heavy atom. The molecule has 0 spiro atoms. The molecule has 0 saturated heterocycles. The summed E-state index contributed by atoms with van der Waals surface area (Å²) in [5, 5.41) is 7.75.